The average molecular weight is 288 g/mol. The van der Waals surface area contributed by atoms with Gasteiger partial charge in [-0.2, -0.15) is 0 Å². The monoisotopic (exact) mass is 287 g/mol. The van der Waals surface area contributed by atoms with Crippen molar-refractivity contribution in [1.29, 1.82) is 0 Å². The Morgan fingerprint density at radius 1 is 1.20 bits per heavy atom. The van der Waals surface area contributed by atoms with Gasteiger partial charge in [0.25, 0.3) is 0 Å². The van der Waals surface area contributed by atoms with Gasteiger partial charge in [-0.3, -0.25) is 4.98 Å². The lowest BCUT2D eigenvalue weighted by molar-refractivity contribution is -0.137. The Morgan fingerprint density at radius 3 is 2.50 bits per heavy atom. The van der Waals surface area contributed by atoms with E-state index in [9.17, 15) is 4.79 Å². The van der Waals surface area contributed by atoms with E-state index < -0.39 is 0 Å². The molecule has 0 unspecified atom stereocenters. The molecule has 1 aromatic carbocycles. The molecule has 102 valence electrons. The SMILES string of the molecule is CCOC(=O)C=Cc1ccc(-c2ccc(Cl)cc2)cn1. The van der Waals surface area contributed by atoms with Crippen LogP contribution < -0.4 is 0 Å². The van der Waals surface area contributed by atoms with Gasteiger partial charge in [-0.1, -0.05) is 29.8 Å². The van der Waals surface area contributed by atoms with Gasteiger partial charge in [0.05, 0.1) is 12.3 Å². The highest BCUT2D eigenvalue weighted by molar-refractivity contribution is 6.30. The minimum Gasteiger partial charge on any atom is -0.463 e. The third-order valence-electron chi connectivity index (χ3n) is 2.64. The van der Waals surface area contributed by atoms with Crippen LogP contribution >= 0.6 is 11.6 Å². The minimum atomic E-state index is -0.365. The maximum atomic E-state index is 11.2. The van der Waals surface area contributed by atoms with E-state index in [1.54, 1.807) is 19.2 Å². The number of benzene rings is 1. The molecular weight excluding hydrogens is 274 g/mol. The number of carbonyl (C=O) groups excluding carboxylic acids is 1. The predicted molar refractivity (Wildman–Crippen MR) is 80.4 cm³/mol. The number of nitrogens with zero attached hydrogens (tertiary/aromatic N) is 1. The van der Waals surface area contributed by atoms with Gasteiger partial charge in [0, 0.05) is 22.9 Å². The van der Waals surface area contributed by atoms with Gasteiger partial charge in [-0.25, -0.2) is 4.79 Å². The van der Waals surface area contributed by atoms with Crippen LogP contribution in [0.3, 0.4) is 0 Å². The summed E-state index contributed by atoms with van der Waals surface area (Å²) in [6.07, 6.45) is 4.76. The van der Waals surface area contributed by atoms with Crippen molar-refractivity contribution in [2.75, 3.05) is 6.61 Å². The lowest BCUT2D eigenvalue weighted by atomic mass is 10.1. The Labute approximate surface area is 122 Å². The third-order valence-corrected chi connectivity index (χ3v) is 2.89. The van der Waals surface area contributed by atoms with E-state index in [1.807, 2.05) is 36.4 Å². The molecule has 1 aromatic heterocycles. The van der Waals surface area contributed by atoms with Gasteiger partial charge in [-0.15, -0.1) is 0 Å². The largest absolute Gasteiger partial charge is 0.463 e. The van der Waals surface area contributed by atoms with Crippen LogP contribution in [-0.2, 0) is 9.53 Å². The van der Waals surface area contributed by atoms with Crippen LogP contribution in [0.1, 0.15) is 12.6 Å². The van der Waals surface area contributed by atoms with Crippen LogP contribution in [0.5, 0.6) is 0 Å². The van der Waals surface area contributed by atoms with E-state index >= 15 is 0 Å². The second-order valence-electron chi connectivity index (χ2n) is 4.06. The van der Waals surface area contributed by atoms with Crippen molar-refractivity contribution in [2.24, 2.45) is 0 Å². The molecule has 2 aromatic rings. The first-order valence-corrected chi connectivity index (χ1v) is 6.63. The quantitative estimate of drug-likeness (QED) is 0.631. The molecule has 3 nitrogen and oxygen atoms in total. The summed E-state index contributed by atoms with van der Waals surface area (Å²) in [4.78, 5) is 15.5. The maximum absolute atomic E-state index is 11.2. The number of ether oxygens (including phenoxy) is 1. The molecule has 0 radical (unpaired) electrons. The number of esters is 1. The van der Waals surface area contributed by atoms with Crippen LogP contribution in [0.15, 0.2) is 48.7 Å². The van der Waals surface area contributed by atoms with Crippen molar-refractivity contribution in [3.8, 4) is 11.1 Å². The van der Waals surface area contributed by atoms with Crippen LogP contribution in [0.4, 0.5) is 0 Å². The molecule has 0 aliphatic rings. The van der Waals surface area contributed by atoms with Gasteiger partial charge in [0.1, 0.15) is 0 Å². The summed E-state index contributed by atoms with van der Waals surface area (Å²) in [7, 11) is 0. The summed E-state index contributed by atoms with van der Waals surface area (Å²) in [5, 5.41) is 0.704. The van der Waals surface area contributed by atoms with Crippen LogP contribution in [0.2, 0.25) is 5.02 Å². The predicted octanol–water partition coefficient (Wildman–Crippen LogP) is 3.98. The second-order valence-corrected chi connectivity index (χ2v) is 4.50. The fourth-order valence-corrected chi connectivity index (χ4v) is 1.79. The lowest BCUT2D eigenvalue weighted by Crippen LogP contribution is -1.98. The van der Waals surface area contributed by atoms with Crippen LogP contribution in [-0.4, -0.2) is 17.6 Å². The van der Waals surface area contributed by atoms with Crippen molar-refractivity contribution in [3.63, 3.8) is 0 Å². The Morgan fingerprint density at radius 2 is 1.90 bits per heavy atom. The van der Waals surface area contributed by atoms with E-state index in [1.165, 1.54) is 6.08 Å². The molecule has 0 amide bonds. The zero-order chi connectivity index (χ0) is 14.4. The van der Waals surface area contributed by atoms with Gasteiger partial charge in [0.2, 0.25) is 0 Å². The molecule has 0 N–H and O–H groups in total. The molecule has 0 aliphatic heterocycles. The number of rotatable bonds is 4. The van der Waals surface area contributed by atoms with Crippen molar-refractivity contribution in [3.05, 3.63) is 59.4 Å². The van der Waals surface area contributed by atoms with Crippen molar-refractivity contribution in [2.45, 2.75) is 6.92 Å². The first-order valence-electron chi connectivity index (χ1n) is 6.26. The highest BCUT2D eigenvalue weighted by Gasteiger charge is 1.99. The molecule has 0 bridgehead atoms. The zero-order valence-corrected chi connectivity index (χ0v) is 11.8. The molecule has 0 atom stereocenters. The van der Waals surface area contributed by atoms with Gasteiger partial charge < -0.3 is 4.74 Å². The van der Waals surface area contributed by atoms with Crippen molar-refractivity contribution < 1.29 is 9.53 Å². The van der Waals surface area contributed by atoms with E-state index in [0.29, 0.717) is 17.3 Å². The molecular formula is C16H14ClNO2. The fourth-order valence-electron chi connectivity index (χ4n) is 1.66. The molecule has 4 heteroatoms. The summed E-state index contributed by atoms with van der Waals surface area (Å²) in [5.74, 6) is -0.365. The second kappa shape index (κ2) is 6.87. The van der Waals surface area contributed by atoms with Gasteiger partial charge >= 0.3 is 5.97 Å². The fraction of sp³-hybridized carbons (Fsp3) is 0.125. The summed E-state index contributed by atoms with van der Waals surface area (Å²) in [6.45, 7) is 2.14. The number of hydrogen-bond acceptors (Lipinski definition) is 3. The summed E-state index contributed by atoms with van der Waals surface area (Å²) in [6, 6.07) is 11.3. The molecule has 0 saturated heterocycles. The van der Waals surface area contributed by atoms with E-state index in [2.05, 4.69) is 4.98 Å². The third kappa shape index (κ3) is 3.93. The number of halogens is 1. The molecule has 0 spiro atoms. The summed E-state index contributed by atoms with van der Waals surface area (Å²) >= 11 is 5.85. The topological polar surface area (TPSA) is 39.2 Å². The normalized spacial score (nSPS) is 10.7. The first-order chi connectivity index (χ1) is 9.69. The maximum Gasteiger partial charge on any atom is 0.330 e. The Kier molecular flexibility index (Phi) is 4.91. The smallest absolute Gasteiger partial charge is 0.330 e. The van der Waals surface area contributed by atoms with E-state index in [-0.39, 0.29) is 5.97 Å². The van der Waals surface area contributed by atoms with Gasteiger partial charge in [0.15, 0.2) is 0 Å². The van der Waals surface area contributed by atoms with Crippen molar-refractivity contribution in [1.82, 2.24) is 4.98 Å². The molecule has 20 heavy (non-hydrogen) atoms. The van der Waals surface area contributed by atoms with Gasteiger partial charge in [-0.05, 0) is 36.8 Å². The molecule has 2 rings (SSSR count). The minimum absolute atomic E-state index is 0.365. The Balaban J connectivity index is 2.10. The number of hydrogen-bond donors (Lipinski definition) is 0. The number of pyridine rings is 1. The highest BCUT2D eigenvalue weighted by atomic mass is 35.5. The van der Waals surface area contributed by atoms with Crippen molar-refractivity contribution >= 4 is 23.6 Å². The van der Waals surface area contributed by atoms with E-state index in [0.717, 1.165) is 11.1 Å². The first kappa shape index (κ1) is 14.3. The number of carbonyl (C=O) groups is 1. The molecule has 0 saturated carbocycles. The Bertz CT molecular complexity index is 603. The summed E-state index contributed by atoms with van der Waals surface area (Å²) < 4.78 is 4.80. The average Bonchev–Trinajstić information content (AvgIpc) is 2.47. The highest BCUT2D eigenvalue weighted by Crippen LogP contribution is 2.20. The molecule has 0 aliphatic carbocycles. The number of aromatic nitrogens is 1. The standard InChI is InChI=1S/C16H14ClNO2/c1-2-20-16(19)10-9-15-8-5-13(11-18-15)12-3-6-14(17)7-4-12/h3-11H,2H2,1H3. The van der Waals surface area contributed by atoms with Crippen LogP contribution in [0, 0.1) is 0 Å². The van der Waals surface area contributed by atoms with E-state index in [4.69, 9.17) is 16.3 Å². The molecule has 1 heterocycles. The summed E-state index contributed by atoms with van der Waals surface area (Å²) in [5.41, 5.74) is 2.74. The molecule has 0 fully saturated rings. The van der Waals surface area contributed by atoms with Crippen LogP contribution in [0.25, 0.3) is 17.2 Å². The Hall–Kier alpha value is -2.13. The lowest BCUT2D eigenvalue weighted by Gasteiger charge is -2.02. The zero-order valence-electron chi connectivity index (χ0n) is 11.0.